The van der Waals surface area contributed by atoms with Crippen molar-refractivity contribution in [1.82, 2.24) is 4.57 Å². The molecule has 0 amide bonds. The molecule has 0 aromatic carbocycles. The molecule has 0 unspecified atom stereocenters. The topological polar surface area (TPSA) is 54.3 Å². The summed E-state index contributed by atoms with van der Waals surface area (Å²) in [5.41, 5.74) is 1.49. The molecular formula is C20H28NO3-. The molecule has 0 radical (unpaired) electrons. The first-order valence-corrected chi connectivity index (χ1v) is 8.21. The monoisotopic (exact) mass is 330 g/mol. The van der Waals surface area contributed by atoms with Gasteiger partial charge in [0, 0.05) is 25.0 Å². The molecule has 0 aliphatic rings. The second kappa shape index (κ2) is 13.0. The third kappa shape index (κ3) is 8.22. The number of aromatic nitrogens is 1. The van der Waals surface area contributed by atoms with Gasteiger partial charge in [-0.05, 0) is 30.9 Å². The lowest BCUT2D eigenvalue weighted by Crippen LogP contribution is -1.94. The van der Waals surface area contributed by atoms with Gasteiger partial charge >= 0.3 is 5.97 Å². The minimum atomic E-state index is -0.329. The van der Waals surface area contributed by atoms with Crippen LogP contribution >= 0.6 is 0 Å². The van der Waals surface area contributed by atoms with Crippen LogP contribution in [0.5, 0.6) is 5.75 Å². The van der Waals surface area contributed by atoms with Crippen molar-refractivity contribution < 1.29 is 14.6 Å². The number of carbonyl (C=O) groups is 1. The summed E-state index contributed by atoms with van der Waals surface area (Å²) in [6.45, 7) is 10.7. The van der Waals surface area contributed by atoms with Crippen molar-refractivity contribution in [3.63, 3.8) is 0 Å². The molecule has 1 rings (SSSR count). The molecule has 1 aromatic heterocycles. The number of ether oxygens (including phenoxy) is 1. The summed E-state index contributed by atoms with van der Waals surface area (Å²) in [7, 11) is 0. The number of carbonyl (C=O) groups excluding carboxylic acids is 1. The molecule has 0 atom stereocenters. The third-order valence-corrected chi connectivity index (χ3v) is 2.85. The zero-order valence-corrected chi connectivity index (χ0v) is 15.1. The number of nitrogens with zero attached hydrogens (tertiary/aromatic N) is 1. The Hall–Kier alpha value is -2.49. The van der Waals surface area contributed by atoms with Gasteiger partial charge in [-0.3, -0.25) is 4.79 Å². The van der Waals surface area contributed by atoms with Crippen LogP contribution in [0.3, 0.4) is 0 Å². The van der Waals surface area contributed by atoms with E-state index in [1.165, 1.54) is 6.92 Å². The Morgan fingerprint density at radius 1 is 1.17 bits per heavy atom. The van der Waals surface area contributed by atoms with Crippen molar-refractivity contribution in [3.8, 4) is 5.75 Å². The lowest BCUT2D eigenvalue weighted by Gasteiger charge is -2.07. The van der Waals surface area contributed by atoms with Crippen LogP contribution < -0.4 is 5.11 Å². The number of allylic oxidation sites excluding steroid dienone is 3. The first-order valence-electron chi connectivity index (χ1n) is 8.21. The summed E-state index contributed by atoms with van der Waals surface area (Å²) in [5.74, 6) is -0.227. The molecule has 0 N–H and O–H groups in total. The minimum absolute atomic E-state index is 0.102. The van der Waals surface area contributed by atoms with Gasteiger partial charge < -0.3 is 14.4 Å². The molecule has 0 saturated heterocycles. The van der Waals surface area contributed by atoms with Gasteiger partial charge in [0.25, 0.3) is 0 Å². The highest BCUT2D eigenvalue weighted by molar-refractivity contribution is 5.67. The van der Waals surface area contributed by atoms with Crippen LogP contribution in [-0.4, -0.2) is 10.5 Å². The summed E-state index contributed by atoms with van der Waals surface area (Å²) in [4.78, 5) is 9.75. The second-order valence-electron chi connectivity index (χ2n) is 4.90. The highest BCUT2D eigenvalue weighted by atomic mass is 16.5. The van der Waals surface area contributed by atoms with E-state index in [-0.39, 0.29) is 11.7 Å². The number of rotatable bonds is 7. The van der Waals surface area contributed by atoms with Gasteiger partial charge in [0.1, 0.15) is 0 Å². The maximum Gasteiger partial charge on any atom is 0.307 e. The Morgan fingerprint density at radius 3 is 2.21 bits per heavy atom. The zero-order valence-electron chi connectivity index (χ0n) is 15.1. The van der Waals surface area contributed by atoms with Gasteiger partial charge in [0.15, 0.2) is 0 Å². The second-order valence-corrected chi connectivity index (χ2v) is 4.90. The molecule has 0 bridgehead atoms. The predicted molar refractivity (Wildman–Crippen MR) is 100 cm³/mol. The van der Waals surface area contributed by atoms with E-state index in [2.05, 4.69) is 38.2 Å². The van der Waals surface area contributed by atoms with Crippen LogP contribution in [0.4, 0.5) is 0 Å². The maximum atomic E-state index is 12.2. The fraction of sp³-hybridized carbons (Fsp3) is 0.350. The van der Waals surface area contributed by atoms with Crippen molar-refractivity contribution in [2.24, 2.45) is 0 Å². The molecule has 1 aromatic rings. The lowest BCUT2D eigenvalue weighted by molar-refractivity contribution is -0.268. The summed E-state index contributed by atoms with van der Waals surface area (Å²) < 4.78 is 6.08. The standard InChI is InChI=1S/C16H23NO.C4H6O2/c1-4-7-10-14-13-17(12-9-6-3)15(16(14)18)11-8-5-2;1-3-6-4(2)5/h7-13,18H,4-6H2,1-3H3;3H,1H2,2H3/p-1. The number of hydrogen-bond donors (Lipinski definition) is 0. The summed E-state index contributed by atoms with van der Waals surface area (Å²) in [6, 6.07) is 0. The van der Waals surface area contributed by atoms with E-state index in [0.29, 0.717) is 0 Å². The van der Waals surface area contributed by atoms with Gasteiger partial charge in [-0.15, -0.1) is 0 Å². The lowest BCUT2D eigenvalue weighted by atomic mass is 10.2. The van der Waals surface area contributed by atoms with E-state index in [0.717, 1.165) is 36.8 Å². The van der Waals surface area contributed by atoms with Gasteiger partial charge in [-0.2, -0.15) is 0 Å². The molecular weight excluding hydrogens is 302 g/mol. The van der Waals surface area contributed by atoms with Crippen LogP contribution in [0.2, 0.25) is 0 Å². The molecule has 0 spiro atoms. The molecule has 4 heteroatoms. The molecule has 0 saturated carbocycles. The Morgan fingerprint density at radius 2 is 1.75 bits per heavy atom. The summed E-state index contributed by atoms with van der Waals surface area (Å²) in [5, 5.41) is 12.2. The van der Waals surface area contributed by atoms with Crippen LogP contribution in [0.25, 0.3) is 18.4 Å². The average Bonchev–Trinajstić information content (AvgIpc) is 2.84. The summed E-state index contributed by atoms with van der Waals surface area (Å²) in [6.07, 6.45) is 17.7. The molecule has 1 heterocycles. The maximum absolute atomic E-state index is 12.2. The van der Waals surface area contributed by atoms with Crippen molar-refractivity contribution in [2.75, 3.05) is 0 Å². The van der Waals surface area contributed by atoms with Crippen LogP contribution in [-0.2, 0) is 9.53 Å². The van der Waals surface area contributed by atoms with Gasteiger partial charge in [0.2, 0.25) is 0 Å². The molecule has 24 heavy (non-hydrogen) atoms. The Balaban J connectivity index is 0.000000754. The molecule has 0 aliphatic carbocycles. The normalized spacial score (nSPS) is 11.0. The SMILES string of the molecule is C=COC(C)=O.CCC=Cc1cn(C=CCC)c(C=CCC)c1[O-]. The molecule has 132 valence electrons. The molecule has 0 fully saturated rings. The van der Waals surface area contributed by atoms with Crippen LogP contribution in [0.1, 0.15) is 58.2 Å². The van der Waals surface area contributed by atoms with E-state index < -0.39 is 0 Å². The first-order chi connectivity index (χ1) is 11.5. The van der Waals surface area contributed by atoms with E-state index >= 15 is 0 Å². The van der Waals surface area contributed by atoms with E-state index in [1.807, 2.05) is 41.3 Å². The summed E-state index contributed by atoms with van der Waals surface area (Å²) >= 11 is 0. The zero-order chi connectivity index (χ0) is 18.4. The van der Waals surface area contributed by atoms with Gasteiger partial charge in [-0.1, -0.05) is 57.4 Å². The minimum Gasteiger partial charge on any atom is -0.871 e. The van der Waals surface area contributed by atoms with E-state index in [1.54, 1.807) is 0 Å². The van der Waals surface area contributed by atoms with Crippen molar-refractivity contribution in [1.29, 1.82) is 0 Å². The predicted octanol–water partition coefficient (Wildman–Crippen LogP) is 4.98. The fourth-order valence-electron chi connectivity index (χ4n) is 1.76. The van der Waals surface area contributed by atoms with Crippen LogP contribution in [0.15, 0.2) is 37.3 Å². The largest absolute Gasteiger partial charge is 0.871 e. The Labute approximate surface area is 145 Å². The van der Waals surface area contributed by atoms with Crippen molar-refractivity contribution in [2.45, 2.75) is 47.0 Å². The van der Waals surface area contributed by atoms with Gasteiger partial charge in [-0.25, -0.2) is 0 Å². The smallest absolute Gasteiger partial charge is 0.307 e. The van der Waals surface area contributed by atoms with Crippen LogP contribution in [0, 0.1) is 0 Å². The third-order valence-electron chi connectivity index (χ3n) is 2.85. The number of esters is 1. The fourth-order valence-corrected chi connectivity index (χ4v) is 1.76. The van der Waals surface area contributed by atoms with Gasteiger partial charge in [0.05, 0.1) is 6.26 Å². The van der Waals surface area contributed by atoms with Crippen molar-refractivity contribution >= 4 is 24.3 Å². The highest BCUT2D eigenvalue weighted by Gasteiger charge is 2.02. The first kappa shape index (κ1) is 21.5. The van der Waals surface area contributed by atoms with Crippen molar-refractivity contribution in [3.05, 3.63) is 48.5 Å². The molecule has 4 nitrogen and oxygen atoms in total. The van der Waals surface area contributed by atoms with E-state index in [4.69, 9.17) is 0 Å². The highest BCUT2D eigenvalue weighted by Crippen LogP contribution is 2.25. The Kier molecular flexibility index (Phi) is 11.6. The number of hydrogen-bond acceptors (Lipinski definition) is 3. The molecule has 0 aliphatic heterocycles. The average molecular weight is 330 g/mol. The van der Waals surface area contributed by atoms with E-state index in [9.17, 15) is 9.90 Å². The Bertz CT molecular complexity index is 592. The quantitative estimate of drug-likeness (QED) is 0.523.